The fourth-order valence-corrected chi connectivity index (χ4v) is 3.87. The Kier molecular flexibility index (Phi) is 5.41. The average Bonchev–Trinajstić information content (AvgIpc) is 2.82. The highest BCUT2D eigenvalue weighted by Gasteiger charge is 2.17. The van der Waals surface area contributed by atoms with Gasteiger partial charge in [0.15, 0.2) is 5.82 Å². The van der Waals surface area contributed by atoms with E-state index in [1.54, 1.807) is 12.1 Å². The number of anilines is 2. The van der Waals surface area contributed by atoms with Crippen LogP contribution in [0.5, 0.6) is 11.6 Å². The minimum Gasteiger partial charge on any atom is -0.436 e. The van der Waals surface area contributed by atoms with E-state index in [1.165, 1.54) is 30.6 Å². The lowest BCUT2D eigenvalue weighted by Gasteiger charge is -2.23. The molecule has 1 aliphatic heterocycles. The van der Waals surface area contributed by atoms with Crippen molar-refractivity contribution in [2.45, 2.75) is 18.8 Å². The summed E-state index contributed by atoms with van der Waals surface area (Å²) in [5, 5.41) is 7.54. The third kappa shape index (κ3) is 4.32. The summed E-state index contributed by atoms with van der Waals surface area (Å²) in [5.74, 6) is 0.993. The third-order valence-electron chi connectivity index (χ3n) is 5.46. The Balaban J connectivity index is 1.41. The zero-order valence-electron chi connectivity index (χ0n) is 16.9. The molecule has 0 radical (unpaired) electrons. The van der Waals surface area contributed by atoms with Crippen LogP contribution >= 0.6 is 0 Å². The van der Waals surface area contributed by atoms with Gasteiger partial charge in [0, 0.05) is 18.0 Å². The standard InChI is InChI=1S/C24H22FN5O/c25-21-12-18(14-27-24(21)31-19-6-2-1-3-7-19)30-23-20-11-16(17-5-4-10-26-13-17)8-9-22(20)28-15-29-23/h1-3,6-9,11-12,14-15,17,26H,4-5,10,13H2,(H,28,29,30)/t17-/m0/s1. The SMILES string of the molecule is Fc1cc(Nc2ncnc3ccc([C@H]4CCCNC4)cc23)cnc1Oc1ccccc1. The molecule has 3 heterocycles. The monoisotopic (exact) mass is 415 g/mol. The number of para-hydroxylation sites is 1. The summed E-state index contributed by atoms with van der Waals surface area (Å²) >= 11 is 0. The number of nitrogens with one attached hydrogen (secondary N) is 2. The van der Waals surface area contributed by atoms with Crippen molar-refractivity contribution in [3.05, 3.63) is 78.5 Å². The molecule has 0 unspecified atom stereocenters. The van der Waals surface area contributed by atoms with Crippen LogP contribution < -0.4 is 15.4 Å². The molecule has 156 valence electrons. The van der Waals surface area contributed by atoms with Crippen LogP contribution in [0, 0.1) is 5.82 Å². The maximum atomic E-state index is 14.6. The second-order valence-corrected chi connectivity index (χ2v) is 7.59. The van der Waals surface area contributed by atoms with Gasteiger partial charge in [-0.25, -0.2) is 19.3 Å². The highest BCUT2D eigenvalue weighted by atomic mass is 19.1. The molecule has 0 spiro atoms. The second kappa shape index (κ2) is 8.65. The highest BCUT2D eigenvalue weighted by molar-refractivity contribution is 5.91. The summed E-state index contributed by atoms with van der Waals surface area (Å²) in [4.78, 5) is 12.9. The Bertz CT molecular complexity index is 1200. The quantitative estimate of drug-likeness (QED) is 0.469. The Labute approximate surface area is 179 Å². The smallest absolute Gasteiger partial charge is 0.256 e. The van der Waals surface area contributed by atoms with Crippen molar-refractivity contribution in [1.82, 2.24) is 20.3 Å². The predicted octanol–water partition coefficient (Wildman–Crippen LogP) is 5.17. The number of hydrogen-bond donors (Lipinski definition) is 2. The average molecular weight is 415 g/mol. The fraction of sp³-hybridized carbons (Fsp3) is 0.208. The summed E-state index contributed by atoms with van der Waals surface area (Å²) in [6.07, 6.45) is 5.36. The molecule has 31 heavy (non-hydrogen) atoms. The maximum Gasteiger partial charge on any atom is 0.256 e. The molecule has 4 aromatic rings. The van der Waals surface area contributed by atoms with Gasteiger partial charge in [0.05, 0.1) is 17.4 Å². The summed E-state index contributed by atoms with van der Waals surface area (Å²) < 4.78 is 20.1. The molecule has 6 nitrogen and oxygen atoms in total. The van der Waals surface area contributed by atoms with E-state index < -0.39 is 5.82 Å². The molecule has 5 rings (SSSR count). The van der Waals surface area contributed by atoms with Crippen molar-refractivity contribution in [2.24, 2.45) is 0 Å². The van der Waals surface area contributed by atoms with E-state index in [-0.39, 0.29) is 5.88 Å². The highest BCUT2D eigenvalue weighted by Crippen LogP contribution is 2.30. The van der Waals surface area contributed by atoms with Gasteiger partial charge in [0.25, 0.3) is 5.88 Å². The summed E-state index contributed by atoms with van der Waals surface area (Å²) in [5.41, 5.74) is 2.58. The van der Waals surface area contributed by atoms with Crippen LogP contribution in [-0.4, -0.2) is 28.0 Å². The van der Waals surface area contributed by atoms with Crippen LogP contribution in [0.4, 0.5) is 15.9 Å². The van der Waals surface area contributed by atoms with Crippen molar-refractivity contribution >= 4 is 22.4 Å². The number of benzene rings is 2. The summed E-state index contributed by atoms with van der Waals surface area (Å²) in [7, 11) is 0. The van der Waals surface area contributed by atoms with Crippen molar-refractivity contribution in [3.63, 3.8) is 0 Å². The van der Waals surface area contributed by atoms with E-state index in [2.05, 4.69) is 37.7 Å². The van der Waals surface area contributed by atoms with E-state index in [1.807, 2.05) is 24.3 Å². The number of aromatic nitrogens is 3. The minimum atomic E-state index is -0.554. The molecule has 0 amide bonds. The van der Waals surface area contributed by atoms with E-state index in [9.17, 15) is 4.39 Å². The number of piperidine rings is 1. The molecule has 1 aliphatic rings. The first-order valence-corrected chi connectivity index (χ1v) is 10.4. The Morgan fingerprint density at radius 3 is 2.74 bits per heavy atom. The summed E-state index contributed by atoms with van der Waals surface area (Å²) in [6.45, 7) is 2.04. The number of hydrogen-bond acceptors (Lipinski definition) is 6. The van der Waals surface area contributed by atoms with Gasteiger partial charge in [-0.3, -0.25) is 0 Å². The first-order chi connectivity index (χ1) is 15.3. The van der Waals surface area contributed by atoms with Gasteiger partial charge < -0.3 is 15.4 Å². The number of pyridine rings is 1. The van der Waals surface area contributed by atoms with Crippen molar-refractivity contribution < 1.29 is 9.13 Å². The lowest BCUT2D eigenvalue weighted by Crippen LogP contribution is -2.28. The third-order valence-corrected chi connectivity index (χ3v) is 5.46. The molecule has 2 aromatic heterocycles. The van der Waals surface area contributed by atoms with Crippen LogP contribution in [0.2, 0.25) is 0 Å². The first-order valence-electron chi connectivity index (χ1n) is 10.4. The lowest BCUT2D eigenvalue weighted by molar-refractivity contribution is 0.423. The molecule has 0 aliphatic carbocycles. The molecule has 0 saturated carbocycles. The van der Waals surface area contributed by atoms with E-state index >= 15 is 0 Å². The largest absolute Gasteiger partial charge is 0.436 e. The molecule has 1 fully saturated rings. The summed E-state index contributed by atoms with van der Waals surface area (Å²) in [6, 6.07) is 16.6. The molecule has 2 aromatic carbocycles. The van der Waals surface area contributed by atoms with Crippen LogP contribution in [-0.2, 0) is 0 Å². The van der Waals surface area contributed by atoms with Crippen LogP contribution in [0.1, 0.15) is 24.3 Å². The Hall–Kier alpha value is -3.58. The number of nitrogens with zero attached hydrogens (tertiary/aromatic N) is 3. The zero-order chi connectivity index (χ0) is 21.0. The van der Waals surface area contributed by atoms with Gasteiger partial charge in [-0.1, -0.05) is 24.3 Å². The fourth-order valence-electron chi connectivity index (χ4n) is 3.87. The topological polar surface area (TPSA) is 72.0 Å². The Morgan fingerprint density at radius 1 is 1.03 bits per heavy atom. The predicted molar refractivity (Wildman–Crippen MR) is 118 cm³/mol. The lowest BCUT2D eigenvalue weighted by atomic mass is 9.91. The van der Waals surface area contributed by atoms with E-state index in [0.717, 1.165) is 30.4 Å². The van der Waals surface area contributed by atoms with Gasteiger partial charge in [0.2, 0.25) is 0 Å². The molecule has 1 saturated heterocycles. The molecular weight excluding hydrogens is 393 g/mol. The van der Waals surface area contributed by atoms with Crippen LogP contribution in [0.3, 0.4) is 0 Å². The first kappa shape index (κ1) is 19.4. The van der Waals surface area contributed by atoms with Crippen molar-refractivity contribution in [3.8, 4) is 11.6 Å². The normalized spacial score (nSPS) is 16.2. The number of fused-ring (bicyclic) bond motifs is 1. The number of ether oxygens (including phenoxy) is 1. The Morgan fingerprint density at radius 2 is 1.94 bits per heavy atom. The van der Waals surface area contributed by atoms with Gasteiger partial charge in [-0.2, -0.15) is 0 Å². The molecular formula is C24H22FN5O. The van der Waals surface area contributed by atoms with Crippen LogP contribution in [0.25, 0.3) is 10.9 Å². The molecule has 1 atom stereocenters. The van der Waals surface area contributed by atoms with Gasteiger partial charge in [0.1, 0.15) is 17.9 Å². The van der Waals surface area contributed by atoms with Gasteiger partial charge in [-0.15, -0.1) is 0 Å². The maximum absolute atomic E-state index is 14.6. The van der Waals surface area contributed by atoms with Crippen molar-refractivity contribution in [2.75, 3.05) is 18.4 Å². The molecule has 7 heteroatoms. The number of halogens is 1. The molecule has 2 N–H and O–H groups in total. The van der Waals surface area contributed by atoms with Crippen molar-refractivity contribution in [1.29, 1.82) is 0 Å². The van der Waals surface area contributed by atoms with E-state index in [4.69, 9.17) is 4.74 Å². The van der Waals surface area contributed by atoms with E-state index in [0.29, 0.717) is 23.2 Å². The van der Waals surface area contributed by atoms with Gasteiger partial charge >= 0.3 is 0 Å². The van der Waals surface area contributed by atoms with Gasteiger partial charge in [-0.05, 0) is 55.1 Å². The number of rotatable bonds is 5. The molecule has 0 bridgehead atoms. The zero-order valence-corrected chi connectivity index (χ0v) is 16.9. The minimum absolute atomic E-state index is 0.0728. The van der Waals surface area contributed by atoms with Crippen LogP contribution in [0.15, 0.2) is 67.1 Å². The second-order valence-electron chi connectivity index (χ2n) is 7.59.